The van der Waals surface area contributed by atoms with Crippen molar-refractivity contribution >= 4 is 5.97 Å². The maximum absolute atomic E-state index is 10.6. The Bertz CT molecular complexity index is 210. The van der Waals surface area contributed by atoms with E-state index in [-0.39, 0.29) is 12.1 Å². The standard InChI is InChI=1S/C12H20O2/c1-4-5-6-7-8-9-10-11(2)14-12(3)13/h11H,4-7,10H2,1-3H3. The Morgan fingerprint density at radius 1 is 1.36 bits per heavy atom. The second-order valence-electron chi connectivity index (χ2n) is 3.43. The molecule has 2 nitrogen and oxygen atoms in total. The third-order valence-corrected chi connectivity index (χ3v) is 1.79. The minimum atomic E-state index is -0.231. The fraction of sp³-hybridized carbons (Fsp3) is 0.750. The molecule has 2 heteroatoms. The Labute approximate surface area is 87.0 Å². The Morgan fingerprint density at radius 3 is 2.64 bits per heavy atom. The van der Waals surface area contributed by atoms with E-state index >= 15 is 0 Å². The van der Waals surface area contributed by atoms with Crippen LogP contribution < -0.4 is 0 Å². The van der Waals surface area contributed by atoms with Gasteiger partial charge < -0.3 is 4.74 Å². The highest BCUT2D eigenvalue weighted by atomic mass is 16.5. The van der Waals surface area contributed by atoms with Crippen LogP contribution in [0.1, 0.15) is 52.9 Å². The number of esters is 1. The molecule has 0 radical (unpaired) electrons. The zero-order valence-electron chi connectivity index (χ0n) is 9.43. The van der Waals surface area contributed by atoms with Gasteiger partial charge >= 0.3 is 5.97 Å². The number of ether oxygens (including phenoxy) is 1. The van der Waals surface area contributed by atoms with Gasteiger partial charge in [0, 0.05) is 19.8 Å². The zero-order valence-corrected chi connectivity index (χ0v) is 9.43. The lowest BCUT2D eigenvalue weighted by Crippen LogP contribution is -2.10. The Kier molecular flexibility index (Phi) is 8.02. The molecule has 0 spiro atoms. The molecule has 0 N–H and O–H groups in total. The van der Waals surface area contributed by atoms with E-state index < -0.39 is 0 Å². The Morgan fingerprint density at radius 2 is 2.07 bits per heavy atom. The maximum atomic E-state index is 10.6. The van der Waals surface area contributed by atoms with E-state index in [1.165, 1.54) is 26.2 Å². The third-order valence-electron chi connectivity index (χ3n) is 1.79. The van der Waals surface area contributed by atoms with Crippen LogP contribution in [-0.2, 0) is 9.53 Å². The molecule has 0 aliphatic carbocycles. The summed E-state index contributed by atoms with van der Waals surface area (Å²) in [7, 11) is 0. The topological polar surface area (TPSA) is 26.3 Å². The van der Waals surface area contributed by atoms with Crippen LogP contribution in [0, 0.1) is 11.8 Å². The van der Waals surface area contributed by atoms with Crippen LogP contribution in [0.25, 0.3) is 0 Å². The molecular formula is C12H20O2. The van der Waals surface area contributed by atoms with Crippen LogP contribution in [-0.4, -0.2) is 12.1 Å². The molecule has 0 bridgehead atoms. The minimum absolute atomic E-state index is 0.0776. The minimum Gasteiger partial charge on any atom is -0.462 e. The van der Waals surface area contributed by atoms with E-state index in [0.29, 0.717) is 6.42 Å². The van der Waals surface area contributed by atoms with Crippen molar-refractivity contribution in [3.8, 4) is 11.8 Å². The summed E-state index contributed by atoms with van der Waals surface area (Å²) < 4.78 is 4.94. The lowest BCUT2D eigenvalue weighted by Gasteiger charge is -2.06. The summed E-state index contributed by atoms with van der Waals surface area (Å²) in [5.41, 5.74) is 0. The molecule has 0 saturated heterocycles. The SMILES string of the molecule is CCCCCC#CCC(C)OC(C)=O. The number of carbonyl (C=O) groups is 1. The van der Waals surface area contributed by atoms with Crippen LogP contribution >= 0.6 is 0 Å². The van der Waals surface area contributed by atoms with Gasteiger partial charge in [-0.25, -0.2) is 0 Å². The molecule has 0 aromatic rings. The van der Waals surface area contributed by atoms with Crippen molar-refractivity contribution in [1.82, 2.24) is 0 Å². The number of hydrogen-bond donors (Lipinski definition) is 0. The molecule has 0 heterocycles. The van der Waals surface area contributed by atoms with Gasteiger partial charge in [-0.2, -0.15) is 0 Å². The van der Waals surface area contributed by atoms with E-state index in [4.69, 9.17) is 4.74 Å². The summed E-state index contributed by atoms with van der Waals surface area (Å²) in [4.78, 5) is 10.6. The average molecular weight is 196 g/mol. The number of carbonyl (C=O) groups excluding carboxylic acids is 1. The maximum Gasteiger partial charge on any atom is 0.302 e. The predicted molar refractivity (Wildman–Crippen MR) is 57.8 cm³/mol. The van der Waals surface area contributed by atoms with E-state index in [1.54, 1.807) is 0 Å². The van der Waals surface area contributed by atoms with E-state index in [9.17, 15) is 4.79 Å². The lowest BCUT2D eigenvalue weighted by molar-refractivity contribution is -0.145. The highest BCUT2D eigenvalue weighted by molar-refractivity contribution is 5.66. The zero-order chi connectivity index (χ0) is 10.8. The molecule has 0 aliphatic heterocycles. The molecule has 0 saturated carbocycles. The van der Waals surface area contributed by atoms with E-state index in [1.807, 2.05) is 6.92 Å². The highest BCUT2D eigenvalue weighted by Gasteiger charge is 2.01. The Hall–Kier alpha value is -0.970. The number of rotatable bonds is 5. The highest BCUT2D eigenvalue weighted by Crippen LogP contribution is 1.99. The molecule has 1 atom stereocenters. The summed E-state index contributed by atoms with van der Waals surface area (Å²) in [6.07, 6.45) is 5.17. The van der Waals surface area contributed by atoms with E-state index in [2.05, 4.69) is 18.8 Å². The monoisotopic (exact) mass is 196 g/mol. The fourth-order valence-corrected chi connectivity index (χ4v) is 1.09. The van der Waals surface area contributed by atoms with E-state index in [0.717, 1.165) is 6.42 Å². The summed E-state index contributed by atoms with van der Waals surface area (Å²) in [5.74, 6) is 5.87. The summed E-state index contributed by atoms with van der Waals surface area (Å²) in [5, 5.41) is 0. The third kappa shape index (κ3) is 9.12. The quantitative estimate of drug-likeness (QED) is 0.384. The van der Waals surface area contributed by atoms with Gasteiger partial charge in [0.2, 0.25) is 0 Å². The van der Waals surface area contributed by atoms with Crippen molar-refractivity contribution in [3.05, 3.63) is 0 Å². The first-order chi connectivity index (χ1) is 6.66. The van der Waals surface area contributed by atoms with Gasteiger partial charge in [-0.05, 0) is 13.3 Å². The van der Waals surface area contributed by atoms with Crippen molar-refractivity contribution in [1.29, 1.82) is 0 Å². The van der Waals surface area contributed by atoms with Crippen molar-refractivity contribution < 1.29 is 9.53 Å². The van der Waals surface area contributed by atoms with Gasteiger partial charge in [-0.1, -0.05) is 25.7 Å². The smallest absolute Gasteiger partial charge is 0.302 e. The molecule has 0 aromatic heterocycles. The Balaban J connectivity index is 3.44. The first-order valence-corrected chi connectivity index (χ1v) is 5.29. The summed E-state index contributed by atoms with van der Waals surface area (Å²) in [6.45, 7) is 5.46. The number of hydrogen-bond acceptors (Lipinski definition) is 2. The van der Waals surface area contributed by atoms with Gasteiger partial charge in [0.05, 0.1) is 0 Å². The second kappa shape index (κ2) is 8.62. The van der Waals surface area contributed by atoms with Crippen LogP contribution in [0.5, 0.6) is 0 Å². The first kappa shape index (κ1) is 13.0. The molecule has 14 heavy (non-hydrogen) atoms. The van der Waals surface area contributed by atoms with Crippen molar-refractivity contribution in [2.45, 2.75) is 59.0 Å². The molecule has 0 aromatic carbocycles. The van der Waals surface area contributed by atoms with Gasteiger partial charge in [-0.15, -0.1) is 5.92 Å². The van der Waals surface area contributed by atoms with Crippen molar-refractivity contribution in [2.24, 2.45) is 0 Å². The first-order valence-electron chi connectivity index (χ1n) is 5.29. The summed E-state index contributed by atoms with van der Waals surface area (Å²) in [6, 6.07) is 0. The molecule has 0 fully saturated rings. The van der Waals surface area contributed by atoms with Crippen molar-refractivity contribution in [3.63, 3.8) is 0 Å². The van der Waals surface area contributed by atoms with Crippen LogP contribution in [0.2, 0.25) is 0 Å². The largest absolute Gasteiger partial charge is 0.462 e. The lowest BCUT2D eigenvalue weighted by atomic mass is 10.2. The average Bonchev–Trinajstić information content (AvgIpc) is 2.10. The fourth-order valence-electron chi connectivity index (χ4n) is 1.09. The van der Waals surface area contributed by atoms with Crippen LogP contribution in [0.3, 0.4) is 0 Å². The van der Waals surface area contributed by atoms with Gasteiger partial charge in [-0.3, -0.25) is 4.79 Å². The molecule has 80 valence electrons. The normalized spacial score (nSPS) is 11.4. The molecule has 1 unspecified atom stereocenters. The van der Waals surface area contributed by atoms with Gasteiger partial charge in [0.1, 0.15) is 6.10 Å². The predicted octanol–water partition coefficient (Wildman–Crippen LogP) is 2.91. The van der Waals surface area contributed by atoms with Gasteiger partial charge in [0.15, 0.2) is 0 Å². The molecule has 0 aliphatic rings. The van der Waals surface area contributed by atoms with Crippen molar-refractivity contribution in [2.75, 3.05) is 0 Å². The molecular weight excluding hydrogens is 176 g/mol. The summed E-state index contributed by atoms with van der Waals surface area (Å²) >= 11 is 0. The van der Waals surface area contributed by atoms with Crippen LogP contribution in [0.15, 0.2) is 0 Å². The molecule has 0 rings (SSSR count). The van der Waals surface area contributed by atoms with Gasteiger partial charge in [0.25, 0.3) is 0 Å². The van der Waals surface area contributed by atoms with Crippen LogP contribution in [0.4, 0.5) is 0 Å². The number of unbranched alkanes of at least 4 members (excludes halogenated alkanes) is 3. The second-order valence-corrected chi connectivity index (χ2v) is 3.43. The molecule has 0 amide bonds.